The molecule has 0 bridgehead atoms. The second-order valence-electron chi connectivity index (χ2n) is 5.87. The molecule has 8 nitrogen and oxygen atoms in total. The standard InChI is InChI=1S/C19H20N4O4/c1-11(18(24)21-15-9-8-12(26-2)10-16(15)27-3)20-19(25)17-13-6-4-5-7-14(13)22-23-17/h4-11H,1-3H3,(H,20,25)(H,21,24)(H,22,23). The van der Waals surface area contributed by atoms with Crippen molar-refractivity contribution >= 4 is 28.4 Å². The zero-order chi connectivity index (χ0) is 19.4. The fourth-order valence-corrected chi connectivity index (χ4v) is 2.61. The number of H-pyrrole nitrogens is 1. The van der Waals surface area contributed by atoms with Gasteiger partial charge in [0, 0.05) is 11.5 Å². The number of ether oxygens (including phenoxy) is 2. The van der Waals surface area contributed by atoms with Crippen molar-refractivity contribution in [2.75, 3.05) is 19.5 Å². The third-order valence-corrected chi connectivity index (χ3v) is 4.09. The summed E-state index contributed by atoms with van der Waals surface area (Å²) in [5.74, 6) is 0.250. The van der Waals surface area contributed by atoms with Crippen LogP contribution < -0.4 is 20.1 Å². The van der Waals surface area contributed by atoms with E-state index in [-0.39, 0.29) is 11.6 Å². The number of fused-ring (bicyclic) bond motifs is 1. The van der Waals surface area contributed by atoms with E-state index in [0.29, 0.717) is 22.6 Å². The Morgan fingerprint density at radius 3 is 2.63 bits per heavy atom. The van der Waals surface area contributed by atoms with Crippen LogP contribution in [-0.2, 0) is 4.79 Å². The average Bonchev–Trinajstić information content (AvgIpc) is 3.12. The molecule has 1 aromatic heterocycles. The summed E-state index contributed by atoms with van der Waals surface area (Å²) in [5.41, 5.74) is 1.48. The maximum Gasteiger partial charge on any atom is 0.273 e. The van der Waals surface area contributed by atoms with Gasteiger partial charge < -0.3 is 20.1 Å². The van der Waals surface area contributed by atoms with Crippen LogP contribution in [0.1, 0.15) is 17.4 Å². The van der Waals surface area contributed by atoms with Gasteiger partial charge in [-0.15, -0.1) is 0 Å². The Labute approximate surface area is 155 Å². The molecule has 1 unspecified atom stereocenters. The van der Waals surface area contributed by atoms with E-state index in [0.717, 1.165) is 5.52 Å². The molecule has 0 fully saturated rings. The highest BCUT2D eigenvalue weighted by molar-refractivity contribution is 6.07. The van der Waals surface area contributed by atoms with Crippen LogP contribution in [0.3, 0.4) is 0 Å². The van der Waals surface area contributed by atoms with Crippen LogP contribution in [0.15, 0.2) is 42.5 Å². The number of hydrogen-bond acceptors (Lipinski definition) is 5. The molecular weight excluding hydrogens is 348 g/mol. The van der Waals surface area contributed by atoms with E-state index >= 15 is 0 Å². The highest BCUT2D eigenvalue weighted by atomic mass is 16.5. The smallest absolute Gasteiger partial charge is 0.273 e. The van der Waals surface area contributed by atoms with Crippen LogP contribution in [0.5, 0.6) is 11.5 Å². The highest BCUT2D eigenvalue weighted by Gasteiger charge is 2.21. The van der Waals surface area contributed by atoms with E-state index in [2.05, 4.69) is 20.8 Å². The number of aromatic nitrogens is 2. The second kappa shape index (κ2) is 7.77. The van der Waals surface area contributed by atoms with Gasteiger partial charge in [0.2, 0.25) is 5.91 Å². The maximum absolute atomic E-state index is 12.5. The highest BCUT2D eigenvalue weighted by Crippen LogP contribution is 2.29. The van der Waals surface area contributed by atoms with E-state index in [1.807, 2.05) is 18.2 Å². The lowest BCUT2D eigenvalue weighted by molar-refractivity contribution is -0.117. The summed E-state index contributed by atoms with van der Waals surface area (Å²) in [5, 5.41) is 12.9. The van der Waals surface area contributed by atoms with Crippen molar-refractivity contribution in [1.29, 1.82) is 0 Å². The number of carbonyl (C=O) groups is 2. The number of nitrogens with one attached hydrogen (secondary N) is 3. The monoisotopic (exact) mass is 368 g/mol. The molecule has 8 heteroatoms. The van der Waals surface area contributed by atoms with Gasteiger partial charge in [-0.3, -0.25) is 14.7 Å². The minimum absolute atomic E-state index is 0.243. The number of amides is 2. The number of methoxy groups -OCH3 is 2. The maximum atomic E-state index is 12.5. The van der Waals surface area contributed by atoms with Crippen molar-refractivity contribution in [2.24, 2.45) is 0 Å². The molecule has 0 aliphatic carbocycles. The molecule has 2 amide bonds. The number of nitrogens with zero attached hydrogens (tertiary/aromatic N) is 1. The van der Waals surface area contributed by atoms with Crippen LogP contribution >= 0.6 is 0 Å². The van der Waals surface area contributed by atoms with Crippen molar-refractivity contribution in [3.05, 3.63) is 48.2 Å². The predicted molar refractivity (Wildman–Crippen MR) is 101 cm³/mol. The molecule has 3 rings (SSSR count). The molecule has 1 atom stereocenters. The summed E-state index contributed by atoms with van der Waals surface area (Å²) >= 11 is 0. The summed E-state index contributed by atoms with van der Waals surface area (Å²) in [4.78, 5) is 24.9. The van der Waals surface area contributed by atoms with Crippen molar-refractivity contribution in [3.63, 3.8) is 0 Å². The van der Waals surface area contributed by atoms with Gasteiger partial charge in [0.15, 0.2) is 5.69 Å². The summed E-state index contributed by atoms with van der Waals surface area (Å²) in [6.45, 7) is 1.60. The normalized spacial score (nSPS) is 11.7. The van der Waals surface area contributed by atoms with E-state index in [1.54, 1.807) is 38.3 Å². The molecule has 0 saturated carbocycles. The lowest BCUT2D eigenvalue weighted by atomic mass is 10.2. The van der Waals surface area contributed by atoms with Gasteiger partial charge in [-0.1, -0.05) is 18.2 Å². The van der Waals surface area contributed by atoms with Gasteiger partial charge in [-0.05, 0) is 25.1 Å². The fraction of sp³-hybridized carbons (Fsp3) is 0.211. The van der Waals surface area contributed by atoms with Crippen molar-refractivity contribution < 1.29 is 19.1 Å². The topological polar surface area (TPSA) is 105 Å². The lowest BCUT2D eigenvalue weighted by Gasteiger charge is -2.16. The molecule has 140 valence electrons. The number of anilines is 1. The zero-order valence-electron chi connectivity index (χ0n) is 15.2. The number of benzene rings is 2. The van der Waals surface area contributed by atoms with Gasteiger partial charge in [0.1, 0.15) is 17.5 Å². The van der Waals surface area contributed by atoms with Crippen LogP contribution in [0, 0.1) is 0 Å². The van der Waals surface area contributed by atoms with Crippen molar-refractivity contribution in [3.8, 4) is 11.5 Å². The Hall–Kier alpha value is -3.55. The Balaban J connectivity index is 1.70. The first-order valence-electron chi connectivity index (χ1n) is 8.30. The van der Waals surface area contributed by atoms with Gasteiger partial charge in [0.25, 0.3) is 5.91 Å². The molecule has 0 aliphatic heterocycles. The van der Waals surface area contributed by atoms with E-state index in [1.165, 1.54) is 7.11 Å². The zero-order valence-corrected chi connectivity index (χ0v) is 15.2. The first kappa shape index (κ1) is 18.2. The third-order valence-electron chi connectivity index (χ3n) is 4.09. The molecule has 0 spiro atoms. The molecule has 27 heavy (non-hydrogen) atoms. The molecule has 1 heterocycles. The summed E-state index contributed by atoms with van der Waals surface area (Å²) in [7, 11) is 3.04. The summed E-state index contributed by atoms with van der Waals surface area (Å²) in [6, 6.07) is 11.5. The number of para-hydroxylation sites is 1. The molecular formula is C19H20N4O4. The van der Waals surface area contributed by atoms with Gasteiger partial charge in [-0.25, -0.2) is 0 Å². The third kappa shape index (κ3) is 3.84. The average molecular weight is 368 g/mol. The molecule has 0 radical (unpaired) electrons. The molecule has 3 aromatic rings. The SMILES string of the molecule is COc1ccc(NC(=O)C(C)NC(=O)c2n[nH]c3ccccc23)c(OC)c1. The fourth-order valence-electron chi connectivity index (χ4n) is 2.61. The van der Waals surface area contributed by atoms with Crippen LogP contribution in [0.25, 0.3) is 10.9 Å². The molecule has 0 saturated heterocycles. The molecule has 2 aromatic carbocycles. The Kier molecular flexibility index (Phi) is 5.25. The quantitative estimate of drug-likeness (QED) is 0.619. The van der Waals surface area contributed by atoms with E-state index < -0.39 is 11.9 Å². The molecule has 3 N–H and O–H groups in total. The second-order valence-corrected chi connectivity index (χ2v) is 5.87. The van der Waals surface area contributed by atoms with E-state index in [4.69, 9.17) is 9.47 Å². The van der Waals surface area contributed by atoms with Gasteiger partial charge in [0.05, 0.1) is 25.4 Å². The first-order valence-corrected chi connectivity index (χ1v) is 8.30. The van der Waals surface area contributed by atoms with Gasteiger partial charge in [-0.2, -0.15) is 5.10 Å². The number of rotatable bonds is 6. The summed E-state index contributed by atoms with van der Waals surface area (Å²) < 4.78 is 10.4. The minimum atomic E-state index is -0.778. The Morgan fingerprint density at radius 1 is 1.11 bits per heavy atom. The van der Waals surface area contributed by atoms with Crippen LogP contribution in [0.4, 0.5) is 5.69 Å². The Bertz CT molecular complexity index is 983. The van der Waals surface area contributed by atoms with Gasteiger partial charge >= 0.3 is 0 Å². The first-order chi connectivity index (χ1) is 13.0. The van der Waals surface area contributed by atoms with Crippen LogP contribution in [-0.4, -0.2) is 42.3 Å². The lowest BCUT2D eigenvalue weighted by Crippen LogP contribution is -2.41. The largest absolute Gasteiger partial charge is 0.497 e. The van der Waals surface area contributed by atoms with E-state index in [9.17, 15) is 9.59 Å². The Morgan fingerprint density at radius 2 is 1.89 bits per heavy atom. The number of aromatic amines is 1. The number of hydrogen-bond donors (Lipinski definition) is 3. The minimum Gasteiger partial charge on any atom is -0.497 e. The number of carbonyl (C=O) groups excluding carboxylic acids is 2. The predicted octanol–water partition coefficient (Wildman–Crippen LogP) is 2.34. The van der Waals surface area contributed by atoms with Crippen molar-refractivity contribution in [1.82, 2.24) is 15.5 Å². The summed E-state index contributed by atoms with van der Waals surface area (Å²) in [6.07, 6.45) is 0. The van der Waals surface area contributed by atoms with Crippen LogP contribution in [0.2, 0.25) is 0 Å². The van der Waals surface area contributed by atoms with Crippen molar-refractivity contribution in [2.45, 2.75) is 13.0 Å². The molecule has 0 aliphatic rings.